The van der Waals surface area contributed by atoms with Crippen LogP contribution in [0.2, 0.25) is 0 Å². The van der Waals surface area contributed by atoms with Gasteiger partial charge in [-0.2, -0.15) is 0 Å². The molecule has 1 heterocycles. The molecule has 2 aromatic rings. The minimum absolute atomic E-state index is 0.00688. The van der Waals surface area contributed by atoms with E-state index in [-0.39, 0.29) is 17.5 Å². The van der Waals surface area contributed by atoms with E-state index in [1.165, 1.54) is 18.2 Å². The number of carbonyl (C=O) groups is 1. The summed E-state index contributed by atoms with van der Waals surface area (Å²) in [5.74, 6) is -0.813. The van der Waals surface area contributed by atoms with Crippen LogP contribution in [0.3, 0.4) is 0 Å². The summed E-state index contributed by atoms with van der Waals surface area (Å²) in [6.45, 7) is 4.34. The Balaban J connectivity index is 2.29. The van der Waals surface area contributed by atoms with Crippen molar-refractivity contribution in [3.63, 3.8) is 0 Å². The molecule has 5 heteroatoms. The molecule has 1 aromatic heterocycles. The van der Waals surface area contributed by atoms with Gasteiger partial charge >= 0.3 is 0 Å². The lowest BCUT2D eigenvalue weighted by Crippen LogP contribution is -2.36. The number of hydrogen-bond acceptors (Lipinski definition) is 3. The number of benzene rings is 1. The van der Waals surface area contributed by atoms with E-state index in [0.29, 0.717) is 11.4 Å². The van der Waals surface area contributed by atoms with Crippen molar-refractivity contribution >= 4 is 29.9 Å². The zero-order chi connectivity index (χ0) is 14.7. The number of carbonyl (C=O) groups excluding carboxylic acids is 1. The largest absolute Gasteiger partial charge is 0.331 e. The van der Waals surface area contributed by atoms with Crippen molar-refractivity contribution in [1.29, 1.82) is 0 Å². The highest BCUT2D eigenvalue weighted by Crippen LogP contribution is 2.20. The summed E-state index contributed by atoms with van der Waals surface area (Å²) in [4.78, 5) is 15.9. The molecule has 2 nitrogen and oxygen atoms in total. The molecule has 0 saturated carbocycles. The van der Waals surface area contributed by atoms with Crippen molar-refractivity contribution in [3.8, 4) is 0 Å². The second-order valence-electron chi connectivity index (χ2n) is 4.77. The Morgan fingerprint density at radius 3 is 2.75 bits per heavy atom. The van der Waals surface area contributed by atoms with Crippen molar-refractivity contribution in [1.82, 2.24) is 4.90 Å². The smallest absolute Gasteiger partial charge is 0.257 e. The van der Waals surface area contributed by atoms with E-state index in [9.17, 15) is 9.18 Å². The molecule has 0 aliphatic heterocycles. The van der Waals surface area contributed by atoms with E-state index in [1.807, 2.05) is 31.4 Å². The van der Waals surface area contributed by atoms with Crippen LogP contribution in [0.25, 0.3) is 0 Å². The van der Waals surface area contributed by atoms with E-state index < -0.39 is 5.82 Å². The zero-order valence-electron chi connectivity index (χ0n) is 11.3. The van der Waals surface area contributed by atoms with Gasteiger partial charge in [0, 0.05) is 15.8 Å². The van der Waals surface area contributed by atoms with Gasteiger partial charge in [0.25, 0.3) is 5.91 Å². The fourth-order valence-corrected chi connectivity index (χ4v) is 2.80. The molecule has 0 radical (unpaired) electrons. The second kappa shape index (κ2) is 6.41. The Bertz CT molecular complexity index is 596. The van der Waals surface area contributed by atoms with Gasteiger partial charge in [-0.1, -0.05) is 6.07 Å². The standard InChI is InChI=1S/C15H16FNOS2/c1-10(2)17(9-12-4-3-7-20-12)15(18)13-8-11(19)5-6-14(13)16/h3-8,10,19H,9H2,1-2H3. The average molecular weight is 309 g/mol. The van der Waals surface area contributed by atoms with Crippen molar-refractivity contribution in [3.05, 3.63) is 52.0 Å². The highest BCUT2D eigenvalue weighted by Gasteiger charge is 2.22. The monoisotopic (exact) mass is 309 g/mol. The molecule has 1 aromatic carbocycles. The third-order valence-electron chi connectivity index (χ3n) is 2.97. The van der Waals surface area contributed by atoms with Gasteiger partial charge in [-0.15, -0.1) is 24.0 Å². The lowest BCUT2D eigenvalue weighted by atomic mass is 10.1. The molecule has 106 valence electrons. The predicted molar refractivity (Wildman–Crippen MR) is 83.0 cm³/mol. The molecular formula is C15H16FNOS2. The van der Waals surface area contributed by atoms with Crippen LogP contribution in [0.4, 0.5) is 4.39 Å². The molecule has 0 spiro atoms. The Kier molecular flexibility index (Phi) is 4.83. The van der Waals surface area contributed by atoms with Crippen molar-refractivity contribution in [2.24, 2.45) is 0 Å². The molecule has 0 N–H and O–H groups in total. The van der Waals surface area contributed by atoms with Crippen LogP contribution in [0.1, 0.15) is 29.1 Å². The van der Waals surface area contributed by atoms with Crippen LogP contribution in [-0.2, 0) is 6.54 Å². The molecule has 0 aliphatic rings. The van der Waals surface area contributed by atoms with Gasteiger partial charge in [0.1, 0.15) is 5.82 Å². The fourth-order valence-electron chi connectivity index (χ4n) is 1.89. The first-order valence-electron chi connectivity index (χ1n) is 6.31. The number of rotatable bonds is 4. The molecule has 20 heavy (non-hydrogen) atoms. The molecule has 0 bridgehead atoms. The van der Waals surface area contributed by atoms with Crippen LogP contribution < -0.4 is 0 Å². The third-order valence-corrected chi connectivity index (χ3v) is 4.11. The van der Waals surface area contributed by atoms with Crippen molar-refractivity contribution in [2.75, 3.05) is 0 Å². The van der Waals surface area contributed by atoms with Crippen LogP contribution in [0.5, 0.6) is 0 Å². The number of amides is 1. The van der Waals surface area contributed by atoms with Gasteiger partial charge in [-0.25, -0.2) is 4.39 Å². The summed E-state index contributed by atoms with van der Waals surface area (Å²) in [6.07, 6.45) is 0. The lowest BCUT2D eigenvalue weighted by Gasteiger charge is -2.26. The molecule has 0 saturated heterocycles. The molecule has 1 amide bonds. The summed E-state index contributed by atoms with van der Waals surface area (Å²) in [7, 11) is 0. The van der Waals surface area contributed by atoms with Crippen LogP contribution in [0, 0.1) is 5.82 Å². The van der Waals surface area contributed by atoms with Gasteiger partial charge in [0.15, 0.2) is 0 Å². The normalized spacial score (nSPS) is 10.8. The van der Waals surface area contributed by atoms with Gasteiger partial charge in [0.05, 0.1) is 12.1 Å². The first-order chi connectivity index (χ1) is 9.49. The first kappa shape index (κ1) is 15.1. The molecule has 0 aliphatic carbocycles. The quantitative estimate of drug-likeness (QED) is 0.838. The Morgan fingerprint density at radius 1 is 1.40 bits per heavy atom. The number of hydrogen-bond donors (Lipinski definition) is 1. The lowest BCUT2D eigenvalue weighted by molar-refractivity contribution is 0.0687. The summed E-state index contributed by atoms with van der Waals surface area (Å²) < 4.78 is 13.8. The van der Waals surface area contributed by atoms with E-state index in [1.54, 1.807) is 16.2 Å². The Morgan fingerprint density at radius 2 is 2.15 bits per heavy atom. The minimum Gasteiger partial charge on any atom is -0.331 e. The molecular weight excluding hydrogens is 293 g/mol. The van der Waals surface area contributed by atoms with Gasteiger partial charge in [-0.05, 0) is 43.5 Å². The number of thiophene rings is 1. The van der Waals surface area contributed by atoms with Crippen molar-refractivity contribution < 1.29 is 9.18 Å². The number of halogens is 1. The maximum Gasteiger partial charge on any atom is 0.257 e. The summed E-state index contributed by atoms with van der Waals surface area (Å²) in [5, 5.41) is 1.97. The molecule has 0 atom stereocenters. The van der Waals surface area contributed by atoms with E-state index in [4.69, 9.17) is 0 Å². The summed E-state index contributed by atoms with van der Waals surface area (Å²) in [5.41, 5.74) is 0.0720. The maximum absolute atomic E-state index is 13.8. The fraction of sp³-hybridized carbons (Fsp3) is 0.267. The van der Waals surface area contributed by atoms with Gasteiger partial charge < -0.3 is 4.90 Å². The second-order valence-corrected chi connectivity index (χ2v) is 6.32. The highest BCUT2D eigenvalue weighted by atomic mass is 32.1. The highest BCUT2D eigenvalue weighted by molar-refractivity contribution is 7.80. The van der Waals surface area contributed by atoms with E-state index in [2.05, 4.69) is 12.6 Å². The first-order valence-corrected chi connectivity index (χ1v) is 7.63. The van der Waals surface area contributed by atoms with E-state index >= 15 is 0 Å². The molecule has 0 unspecified atom stereocenters. The van der Waals surface area contributed by atoms with Crippen LogP contribution >= 0.6 is 24.0 Å². The summed E-state index contributed by atoms with van der Waals surface area (Å²) in [6, 6.07) is 8.20. The average Bonchev–Trinajstić information content (AvgIpc) is 2.90. The number of nitrogens with zero attached hydrogens (tertiary/aromatic N) is 1. The molecule has 2 rings (SSSR count). The minimum atomic E-state index is -0.510. The SMILES string of the molecule is CC(C)N(Cc1cccs1)C(=O)c1cc(S)ccc1F. The van der Waals surface area contributed by atoms with Crippen LogP contribution in [0.15, 0.2) is 40.6 Å². The topological polar surface area (TPSA) is 20.3 Å². The van der Waals surface area contributed by atoms with E-state index in [0.717, 1.165) is 4.88 Å². The van der Waals surface area contributed by atoms with Gasteiger partial charge in [-0.3, -0.25) is 4.79 Å². The summed E-state index contributed by atoms with van der Waals surface area (Å²) >= 11 is 5.76. The maximum atomic E-state index is 13.8. The zero-order valence-corrected chi connectivity index (χ0v) is 13.0. The van der Waals surface area contributed by atoms with Crippen LogP contribution in [-0.4, -0.2) is 16.8 Å². The van der Waals surface area contributed by atoms with Gasteiger partial charge in [0.2, 0.25) is 0 Å². The van der Waals surface area contributed by atoms with Crippen molar-refractivity contribution in [2.45, 2.75) is 31.3 Å². The predicted octanol–water partition coefficient (Wildman–Crippen LogP) is 4.23. The molecule has 0 fully saturated rings. The Hall–Kier alpha value is -1.33. The number of thiol groups is 1. The Labute approximate surface area is 127 Å². The third kappa shape index (κ3) is 3.41.